The lowest BCUT2D eigenvalue weighted by atomic mass is 10.1. The standard InChI is InChI=1S/C33H40N6O3S/c1-38-18-20-39(21-19-38)17-15-30-31(36-33(43-30)27-6-5-16-35-24-27)25-7-11-28(12-8-25)41-22-3-2-4-23-42-29-13-9-26(10-14-29)32(34)37-40/h5-14,16,24,40H,2-4,15,17-23H2,1H3,(H2,34,37). The summed E-state index contributed by atoms with van der Waals surface area (Å²) >= 11 is 1.78. The maximum atomic E-state index is 8.82. The van der Waals surface area contributed by atoms with Crippen LogP contribution in [0.4, 0.5) is 0 Å². The van der Waals surface area contributed by atoms with E-state index in [1.54, 1.807) is 41.8 Å². The molecule has 226 valence electrons. The summed E-state index contributed by atoms with van der Waals surface area (Å²) in [5, 5.41) is 17.4. The molecule has 43 heavy (non-hydrogen) atoms. The molecule has 3 heterocycles. The second-order valence-electron chi connectivity index (χ2n) is 10.7. The fourth-order valence-electron chi connectivity index (χ4n) is 4.94. The quantitative estimate of drug-likeness (QED) is 0.0744. The summed E-state index contributed by atoms with van der Waals surface area (Å²) in [5.74, 6) is 1.58. The lowest BCUT2D eigenvalue weighted by Crippen LogP contribution is -2.45. The van der Waals surface area contributed by atoms with Crippen molar-refractivity contribution >= 4 is 17.2 Å². The number of hydroxylamine groups is 1. The van der Waals surface area contributed by atoms with Gasteiger partial charge in [0.25, 0.3) is 0 Å². The maximum Gasteiger partial charge on any atom is 0.149 e. The Morgan fingerprint density at radius 2 is 1.58 bits per heavy atom. The minimum absolute atomic E-state index is 0.0410. The molecule has 0 bridgehead atoms. The average Bonchev–Trinajstić information content (AvgIpc) is 3.49. The van der Waals surface area contributed by atoms with Crippen LogP contribution in [0, 0.1) is 5.41 Å². The van der Waals surface area contributed by atoms with Crippen LogP contribution in [0.25, 0.3) is 21.8 Å². The van der Waals surface area contributed by atoms with Crippen LogP contribution in [-0.2, 0) is 6.42 Å². The van der Waals surface area contributed by atoms with Crippen LogP contribution in [-0.4, -0.2) is 83.8 Å². The van der Waals surface area contributed by atoms with E-state index >= 15 is 0 Å². The van der Waals surface area contributed by atoms with Gasteiger partial charge in [-0.3, -0.25) is 21.1 Å². The number of unbranched alkanes of at least 4 members (excludes halogenated alkanes) is 2. The lowest BCUT2D eigenvalue weighted by molar-refractivity contribution is 0.156. The fourth-order valence-corrected chi connectivity index (χ4v) is 6.01. The predicted molar refractivity (Wildman–Crippen MR) is 171 cm³/mol. The van der Waals surface area contributed by atoms with Gasteiger partial charge in [0.2, 0.25) is 0 Å². The number of hydrogen-bond acceptors (Lipinski definition) is 9. The van der Waals surface area contributed by atoms with E-state index in [-0.39, 0.29) is 5.84 Å². The number of likely N-dealkylation sites (N-methyl/N-ethyl adjacent to an activating group) is 1. The molecule has 0 atom stereocenters. The first-order valence-corrected chi connectivity index (χ1v) is 15.7. The molecule has 1 aliphatic heterocycles. The smallest absolute Gasteiger partial charge is 0.149 e. The van der Waals surface area contributed by atoms with Gasteiger partial charge in [0.1, 0.15) is 22.3 Å². The van der Waals surface area contributed by atoms with Gasteiger partial charge < -0.3 is 19.3 Å². The zero-order valence-corrected chi connectivity index (χ0v) is 25.5. The van der Waals surface area contributed by atoms with Crippen LogP contribution >= 0.6 is 11.3 Å². The van der Waals surface area contributed by atoms with Crippen molar-refractivity contribution in [3.05, 3.63) is 83.5 Å². The Balaban J connectivity index is 1.10. The zero-order valence-electron chi connectivity index (χ0n) is 24.7. The largest absolute Gasteiger partial charge is 0.494 e. The van der Waals surface area contributed by atoms with Crippen molar-refractivity contribution in [2.45, 2.75) is 25.7 Å². The number of pyridine rings is 1. The van der Waals surface area contributed by atoms with E-state index in [0.29, 0.717) is 18.8 Å². The first-order chi connectivity index (χ1) is 21.1. The van der Waals surface area contributed by atoms with E-state index in [1.165, 1.54) is 4.88 Å². The molecule has 4 aromatic rings. The summed E-state index contributed by atoms with van der Waals surface area (Å²) in [6.45, 7) is 6.80. The van der Waals surface area contributed by atoms with Gasteiger partial charge in [0.15, 0.2) is 0 Å². The topological polar surface area (TPSA) is 107 Å². The van der Waals surface area contributed by atoms with E-state index in [0.717, 1.165) is 91.7 Å². The molecule has 2 aromatic carbocycles. The third-order valence-electron chi connectivity index (χ3n) is 7.57. The summed E-state index contributed by atoms with van der Waals surface area (Å²) in [7, 11) is 2.19. The Morgan fingerprint density at radius 1 is 0.907 bits per heavy atom. The molecule has 0 aliphatic carbocycles. The van der Waals surface area contributed by atoms with Gasteiger partial charge >= 0.3 is 0 Å². The molecule has 10 heteroatoms. The molecule has 0 saturated carbocycles. The van der Waals surface area contributed by atoms with E-state index in [9.17, 15) is 0 Å². The molecule has 1 saturated heterocycles. The Morgan fingerprint density at radius 3 is 2.21 bits per heavy atom. The van der Waals surface area contributed by atoms with E-state index in [4.69, 9.17) is 25.1 Å². The van der Waals surface area contributed by atoms with E-state index in [2.05, 4.69) is 40.0 Å². The normalized spacial score (nSPS) is 14.0. The number of amidine groups is 1. The molecule has 1 aliphatic rings. The summed E-state index contributed by atoms with van der Waals surface area (Å²) in [5.41, 5.74) is 5.67. The van der Waals surface area contributed by atoms with Crippen LogP contribution in [0.2, 0.25) is 0 Å². The summed E-state index contributed by atoms with van der Waals surface area (Å²) in [6.07, 6.45) is 7.54. The molecular weight excluding hydrogens is 560 g/mol. The van der Waals surface area contributed by atoms with Crippen molar-refractivity contribution in [1.29, 1.82) is 5.41 Å². The minimum Gasteiger partial charge on any atom is -0.494 e. The number of thiazole rings is 1. The Bertz CT molecular complexity index is 1420. The molecule has 0 spiro atoms. The summed E-state index contributed by atoms with van der Waals surface area (Å²) in [4.78, 5) is 15.6. The average molecular weight is 601 g/mol. The fraction of sp³-hybridized carbons (Fsp3) is 0.364. The number of nitrogens with one attached hydrogen (secondary N) is 2. The highest BCUT2D eigenvalue weighted by Crippen LogP contribution is 2.35. The van der Waals surface area contributed by atoms with Crippen LogP contribution in [0.15, 0.2) is 73.1 Å². The highest BCUT2D eigenvalue weighted by Gasteiger charge is 2.18. The maximum absolute atomic E-state index is 8.82. The highest BCUT2D eigenvalue weighted by molar-refractivity contribution is 7.15. The van der Waals surface area contributed by atoms with Crippen LogP contribution in [0.5, 0.6) is 11.5 Å². The number of piperazine rings is 1. The van der Waals surface area contributed by atoms with Crippen LogP contribution in [0.3, 0.4) is 0 Å². The van der Waals surface area contributed by atoms with Gasteiger partial charge in [0, 0.05) is 66.7 Å². The van der Waals surface area contributed by atoms with Gasteiger partial charge in [-0.15, -0.1) is 11.3 Å². The number of nitrogens with zero attached hydrogens (tertiary/aromatic N) is 4. The van der Waals surface area contributed by atoms with Crippen LogP contribution < -0.4 is 15.0 Å². The van der Waals surface area contributed by atoms with Gasteiger partial charge in [0.05, 0.1) is 18.9 Å². The first kappa shape index (κ1) is 30.6. The molecule has 0 radical (unpaired) electrons. The predicted octanol–water partition coefficient (Wildman–Crippen LogP) is 5.59. The Hall–Kier alpha value is -3.83. The molecule has 0 unspecified atom stereocenters. The lowest BCUT2D eigenvalue weighted by Gasteiger charge is -2.32. The number of rotatable bonds is 14. The van der Waals surface area contributed by atoms with Crippen molar-refractivity contribution in [2.24, 2.45) is 0 Å². The number of hydrogen-bond donors (Lipinski definition) is 3. The number of ether oxygens (including phenoxy) is 2. The second-order valence-corrected chi connectivity index (χ2v) is 11.8. The first-order valence-electron chi connectivity index (χ1n) is 14.8. The summed E-state index contributed by atoms with van der Waals surface area (Å²) in [6, 6.07) is 19.4. The van der Waals surface area contributed by atoms with Crippen molar-refractivity contribution in [1.82, 2.24) is 25.2 Å². The second kappa shape index (κ2) is 15.6. The molecule has 1 fully saturated rings. The zero-order chi connectivity index (χ0) is 29.9. The van der Waals surface area contributed by atoms with Crippen LogP contribution in [0.1, 0.15) is 29.7 Å². The minimum atomic E-state index is -0.0410. The van der Waals surface area contributed by atoms with Crippen molar-refractivity contribution in [3.63, 3.8) is 0 Å². The summed E-state index contributed by atoms with van der Waals surface area (Å²) < 4.78 is 11.8. The van der Waals surface area contributed by atoms with E-state index < -0.39 is 0 Å². The molecule has 0 amide bonds. The van der Waals surface area contributed by atoms with Gasteiger partial charge in [-0.05, 0) is 93.4 Å². The third-order valence-corrected chi connectivity index (χ3v) is 8.73. The van der Waals surface area contributed by atoms with E-state index in [1.807, 2.05) is 29.9 Å². The Labute approximate surface area is 257 Å². The molecular formula is C33H40N6O3S. The molecule has 3 N–H and O–H groups in total. The molecule has 2 aromatic heterocycles. The monoisotopic (exact) mass is 600 g/mol. The Kier molecular flexibility index (Phi) is 11.1. The third kappa shape index (κ3) is 8.84. The van der Waals surface area contributed by atoms with Gasteiger partial charge in [-0.1, -0.05) is 0 Å². The van der Waals surface area contributed by atoms with Crippen molar-refractivity contribution < 1.29 is 14.7 Å². The highest BCUT2D eigenvalue weighted by atomic mass is 32.1. The van der Waals surface area contributed by atoms with Gasteiger partial charge in [-0.2, -0.15) is 0 Å². The number of aromatic nitrogens is 2. The number of benzene rings is 2. The SMILES string of the molecule is CN1CCN(CCc2sc(-c3cccnc3)nc2-c2ccc(OCCCCCOc3ccc(C(=N)NO)cc3)cc2)CC1. The van der Waals surface area contributed by atoms with Crippen molar-refractivity contribution in [3.8, 4) is 33.3 Å². The van der Waals surface area contributed by atoms with Gasteiger partial charge in [-0.25, -0.2) is 4.98 Å². The molecule has 5 rings (SSSR count). The van der Waals surface area contributed by atoms with Crippen molar-refractivity contribution in [2.75, 3.05) is 53.0 Å². The molecule has 9 nitrogen and oxygen atoms in total.